The van der Waals surface area contributed by atoms with Crippen LogP contribution < -0.4 is 10.6 Å². The summed E-state index contributed by atoms with van der Waals surface area (Å²) < 4.78 is 5.38. The van der Waals surface area contributed by atoms with Gasteiger partial charge in [0.25, 0.3) is 0 Å². The first-order chi connectivity index (χ1) is 10.8. The number of hydrogen-bond donors (Lipinski definition) is 2. The van der Waals surface area contributed by atoms with Gasteiger partial charge in [0, 0.05) is 12.6 Å². The van der Waals surface area contributed by atoms with E-state index in [1.807, 2.05) is 0 Å². The Morgan fingerprint density at radius 1 is 0.913 bits per heavy atom. The lowest BCUT2D eigenvalue weighted by molar-refractivity contribution is 0.107. The maximum Gasteiger partial charge on any atom is 0.407 e. The highest BCUT2D eigenvalue weighted by molar-refractivity contribution is 5.67. The van der Waals surface area contributed by atoms with Crippen molar-refractivity contribution in [2.75, 3.05) is 19.7 Å². The molecule has 0 aromatic heterocycles. The summed E-state index contributed by atoms with van der Waals surface area (Å²) in [5, 5.41) is 6.28. The van der Waals surface area contributed by atoms with Gasteiger partial charge in [-0.05, 0) is 43.6 Å². The summed E-state index contributed by atoms with van der Waals surface area (Å²) in [6.07, 6.45) is 5.43. The van der Waals surface area contributed by atoms with Gasteiger partial charge in [-0.2, -0.15) is 0 Å². The van der Waals surface area contributed by atoms with Crippen molar-refractivity contribution in [1.82, 2.24) is 10.6 Å². The lowest BCUT2D eigenvalue weighted by atomic mass is 9.88. The minimum absolute atomic E-state index is 0.263. The lowest BCUT2D eigenvalue weighted by Gasteiger charge is -2.22. The molecule has 0 aliphatic heterocycles. The molecule has 0 bridgehead atoms. The Labute approximate surface area is 144 Å². The predicted molar refractivity (Wildman–Crippen MR) is 98.7 cm³/mol. The van der Waals surface area contributed by atoms with Crippen molar-refractivity contribution in [2.45, 2.75) is 79.7 Å². The average Bonchev–Trinajstić information content (AvgIpc) is 2.45. The molecule has 0 rings (SSSR count). The van der Waals surface area contributed by atoms with Gasteiger partial charge in [-0.3, -0.25) is 0 Å². The van der Waals surface area contributed by atoms with Gasteiger partial charge in [0.2, 0.25) is 0 Å². The van der Waals surface area contributed by atoms with Crippen LogP contribution in [0.3, 0.4) is 0 Å². The van der Waals surface area contributed by atoms with Gasteiger partial charge in [0.1, 0.15) is 0 Å². The summed E-state index contributed by atoms with van der Waals surface area (Å²) in [6.45, 7) is 15.5. The van der Waals surface area contributed by atoms with Crippen LogP contribution in [0.1, 0.15) is 73.6 Å². The molecule has 0 aromatic carbocycles. The number of alkyl carbamates (subject to hydrolysis) is 1. The predicted octanol–water partition coefficient (Wildman–Crippen LogP) is 4.59. The van der Waals surface area contributed by atoms with E-state index in [1.54, 1.807) is 0 Å². The largest absolute Gasteiger partial charge is 0.449 e. The number of ether oxygens (including phenoxy) is 1. The number of rotatable bonds is 13. The van der Waals surface area contributed by atoms with Crippen LogP contribution >= 0.6 is 0 Å². The quantitative estimate of drug-likeness (QED) is 0.486. The Morgan fingerprint density at radius 3 is 2.04 bits per heavy atom. The summed E-state index contributed by atoms with van der Waals surface area (Å²) >= 11 is 0. The lowest BCUT2D eigenvalue weighted by Crippen LogP contribution is -2.29. The monoisotopic (exact) mass is 328 g/mol. The van der Waals surface area contributed by atoms with E-state index in [-0.39, 0.29) is 6.09 Å². The molecule has 0 aromatic rings. The first kappa shape index (κ1) is 22.2. The minimum atomic E-state index is -0.263. The SMILES string of the molecule is CC(C)C[C@@H](COC(=O)NCCCCCCNC(C)C)C(C)C. The molecule has 0 aliphatic rings. The van der Waals surface area contributed by atoms with Crippen molar-refractivity contribution in [3.8, 4) is 0 Å². The molecule has 2 N–H and O–H groups in total. The first-order valence-electron chi connectivity index (χ1n) is 9.46. The molecule has 0 spiro atoms. The van der Waals surface area contributed by atoms with E-state index in [0.29, 0.717) is 36.9 Å². The van der Waals surface area contributed by atoms with E-state index >= 15 is 0 Å². The van der Waals surface area contributed by atoms with Gasteiger partial charge >= 0.3 is 6.09 Å². The van der Waals surface area contributed by atoms with Crippen LogP contribution in [0.2, 0.25) is 0 Å². The Morgan fingerprint density at radius 2 is 1.52 bits per heavy atom. The first-order valence-corrected chi connectivity index (χ1v) is 9.46. The third-order valence-corrected chi connectivity index (χ3v) is 4.07. The van der Waals surface area contributed by atoms with Crippen LogP contribution in [-0.2, 0) is 4.74 Å². The van der Waals surface area contributed by atoms with Crippen molar-refractivity contribution >= 4 is 6.09 Å². The molecular weight excluding hydrogens is 288 g/mol. The fourth-order valence-corrected chi connectivity index (χ4v) is 2.56. The highest BCUT2D eigenvalue weighted by Gasteiger charge is 2.17. The van der Waals surface area contributed by atoms with Gasteiger partial charge in [0.15, 0.2) is 0 Å². The van der Waals surface area contributed by atoms with E-state index in [4.69, 9.17) is 4.74 Å². The van der Waals surface area contributed by atoms with Crippen molar-refractivity contribution < 1.29 is 9.53 Å². The van der Waals surface area contributed by atoms with E-state index in [0.717, 1.165) is 25.8 Å². The van der Waals surface area contributed by atoms with Gasteiger partial charge in [0.05, 0.1) is 6.61 Å². The molecule has 0 saturated heterocycles. The van der Waals surface area contributed by atoms with Gasteiger partial charge in [-0.1, -0.05) is 54.4 Å². The van der Waals surface area contributed by atoms with Crippen LogP contribution in [0, 0.1) is 17.8 Å². The zero-order chi connectivity index (χ0) is 17.7. The second-order valence-electron chi connectivity index (χ2n) is 7.68. The molecule has 0 unspecified atom stereocenters. The van der Waals surface area contributed by atoms with Crippen LogP contribution in [0.5, 0.6) is 0 Å². The highest BCUT2D eigenvalue weighted by atomic mass is 16.5. The molecule has 0 fully saturated rings. The molecular formula is C19H40N2O2. The molecule has 23 heavy (non-hydrogen) atoms. The van der Waals surface area contributed by atoms with Crippen molar-refractivity contribution in [1.29, 1.82) is 0 Å². The van der Waals surface area contributed by atoms with Crippen molar-refractivity contribution in [2.24, 2.45) is 17.8 Å². The van der Waals surface area contributed by atoms with Gasteiger partial charge < -0.3 is 15.4 Å². The van der Waals surface area contributed by atoms with Crippen LogP contribution in [0.15, 0.2) is 0 Å². The second-order valence-corrected chi connectivity index (χ2v) is 7.68. The zero-order valence-electron chi connectivity index (χ0n) is 16.3. The van der Waals surface area contributed by atoms with Gasteiger partial charge in [-0.25, -0.2) is 4.79 Å². The standard InChI is InChI=1S/C19H40N2O2/c1-15(2)13-18(16(3)4)14-23-19(22)21-12-10-8-7-9-11-20-17(5)6/h15-18,20H,7-14H2,1-6H3,(H,21,22)/t18-/m0/s1. The van der Waals surface area contributed by atoms with Gasteiger partial charge in [-0.15, -0.1) is 0 Å². The number of unbranched alkanes of at least 4 members (excludes halogenated alkanes) is 3. The normalized spacial score (nSPS) is 12.9. The van der Waals surface area contributed by atoms with Crippen molar-refractivity contribution in [3.63, 3.8) is 0 Å². The molecule has 0 saturated carbocycles. The molecule has 4 heteroatoms. The third kappa shape index (κ3) is 14.5. The number of nitrogens with one attached hydrogen (secondary N) is 2. The molecule has 138 valence electrons. The minimum Gasteiger partial charge on any atom is -0.449 e. The van der Waals surface area contributed by atoms with E-state index < -0.39 is 0 Å². The zero-order valence-corrected chi connectivity index (χ0v) is 16.3. The summed E-state index contributed by atoms with van der Waals surface area (Å²) in [5.74, 6) is 1.64. The molecule has 4 nitrogen and oxygen atoms in total. The molecule has 0 heterocycles. The number of carbonyl (C=O) groups is 1. The maximum absolute atomic E-state index is 11.7. The third-order valence-electron chi connectivity index (χ3n) is 4.07. The Hall–Kier alpha value is -0.770. The molecule has 0 radical (unpaired) electrons. The summed E-state index contributed by atoms with van der Waals surface area (Å²) in [7, 11) is 0. The molecule has 1 amide bonds. The van der Waals surface area contributed by atoms with Crippen LogP contribution in [0.25, 0.3) is 0 Å². The van der Waals surface area contributed by atoms with Crippen LogP contribution in [-0.4, -0.2) is 31.8 Å². The second kappa shape index (κ2) is 13.6. The average molecular weight is 329 g/mol. The fourth-order valence-electron chi connectivity index (χ4n) is 2.56. The van der Waals surface area contributed by atoms with Crippen molar-refractivity contribution in [3.05, 3.63) is 0 Å². The Kier molecular flexibility index (Phi) is 13.2. The highest BCUT2D eigenvalue weighted by Crippen LogP contribution is 2.20. The van der Waals surface area contributed by atoms with E-state index in [1.165, 1.54) is 12.8 Å². The smallest absolute Gasteiger partial charge is 0.407 e. The Balaban J connectivity index is 3.59. The number of carbonyl (C=O) groups excluding carboxylic acids is 1. The Bertz CT molecular complexity index is 291. The van der Waals surface area contributed by atoms with Crippen LogP contribution in [0.4, 0.5) is 4.79 Å². The maximum atomic E-state index is 11.7. The summed E-state index contributed by atoms with van der Waals surface area (Å²) in [5.41, 5.74) is 0. The molecule has 0 aliphatic carbocycles. The topological polar surface area (TPSA) is 50.4 Å². The van der Waals surface area contributed by atoms with E-state index in [9.17, 15) is 4.79 Å². The summed E-state index contributed by atoms with van der Waals surface area (Å²) in [6, 6.07) is 0.566. The number of hydrogen-bond acceptors (Lipinski definition) is 3. The molecule has 1 atom stereocenters. The fraction of sp³-hybridized carbons (Fsp3) is 0.947. The number of amides is 1. The van der Waals surface area contributed by atoms with E-state index in [2.05, 4.69) is 52.2 Å². The summed E-state index contributed by atoms with van der Waals surface area (Å²) in [4.78, 5) is 11.7.